The summed E-state index contributed by atoms with van der Waals surface area (Å²) in [4.78, 5) is 0. The molecule has 0 fully saturated rings. The van der Waals surface area contributed by atoms with Gasteiger partial charge >= 0.3 is 0 Å². The minimum absolute atomic E-state index is 1.07. The molecule has 0 bridgehead atoms. The van der Waals surface area contributed by atoms with Crippen LogP contribution in [0.2, 0.25) is 0 Å². The fraction of sp³-hybridized carbons (Fsp3) is 0.0233. The van der Waals surface area contributed by atoms with Crippen LogP contribution in [0.3, 0.4) is 0 Å². The molecule has 44 heavy (non-hydrogen) atoms. The van der Waals surface area contributed by atoms with Crippen molar-refractivity contribution in [3.05, 3.63) is 169 Å². The number of nitrogens with one attached hydrogen (secondary N) is 1. The van der Waals surface area contributed by atoms with E-state index in [4.69, 9.17) is 0 Å². The molecule has 8 aromatic carbocycles. The molecule has 0 aliphatic rings. The van der Waals surface area contributed by atoms with Crippen LogP contribution in [-0.2, 0) is 0 Å². The van der Waals surface area contributed by atoms with E-state index in [0.717, 1.165) is 11.4 Å². The van der Waals surface area contributed by atoms with E-state index >= 15 is 0 Å². The number of hydrogen-bond donors (Lipinski definition) is 1. The molecule has 0 heterocycles. The van der Waals surface area contributed by atoms with E-state index in [9.17, 15) is 0 Å². The monoisotopic (exact) mass is 561 g/mol. The summed E-state index contributed by atoms with van der Waals surface area (Å²) < 4.78 is 0. The first-order valence-electron chi connectivity index (χ1n) is 15.2. The summed E-state index contributed by atoms with van der Waals surface area (Å²) in [6.07, 6.45) is 0. The molecule has 0 radical (unpaired) electrons. The van der Waals surface area contributed by atoms with Crippen molar-refractivity contribution in [2.45, 2.75) is 6.92 Å². The molecule has 1 heteroatoms. The first-order chi connectivity index (χ1) is 21.8. The van der Waals surface area contributed by atoms with Gasteiger partial charge in [-0.2, -0.15) is 0 Å². The second-order valence-electron chi connectivity index (χ2n) is 11.4. The summed E-state index contributed by atoms with van der Waals surface area (Å²) in [5, 5.41) is 11.4. The third-order valence-corrected chi connectivity index (χ3v) is 8.80. The van der Waals surface area contributed by atoms with Gasteiger partial charge in [0.2, 0.25) is 0 Å². The van der Waals surface area contributed by atoms with Crippen LogP contribution < -0.4 is 5.32 Å². The molecule has 0 aliphatic carbocycles. The molecular weight excluding hydrogens is 530 g/mol. The van der Waals surface area contributed by atoms with Crippen molar-refractivity contribution in [2.75, 3.05) is 5.32 Å². The summed E-state index contributed by atoms with van der Waals surface area (Å²) in [5.41, 5.74) is 10.7. The van der Waals surface area contributed by atoms with Gasteiger partial charge in [-0.25, -0.2) is 0 Å². The lowest BCUT2D eigenvalue weighted by Gasteiger charge is -2.20. The lowest BCUT2D eigenvalue weighted by molar-refractivity contribution is 1.45. The maximum atomic E-state index is 3.81. The maximum absolute atomic E-state index is 3.81. The van der Waals surface area contributed by atoms with E-state index < -0.39 is 0 Å². The predicted molar refractivity (Wildman–Crippen MR) is 190 cm³/mol. The Hall–Kier alpha value is -5.66. The lowest BCUT2D eigenvalue weighted by atomic mass is 9.86. The van der Waals surface area contributed by atoms with Gasteiger partial charge in [0, 0.05) is 16.9 Å². The minimum Gasteiger partial charge on any atom is -0.355 e. The van der Waals surface area contributed by atoms with Gasteiger partial charge in [0.15, 0.2) is 0 Å². The number of para-hydroxylation sites is 1. The molecule has 1 nitrogen and oxygen atoms in total. The largest absolute Gasteiger partial charge is 0.355 e. The number of benzene rings is 8. The average Bonchev–Trinajstić information content (AvgIpc) is 3.09. The quantitative estimate of drug-likeness (QED) is 0.206. The second-order valence-corrected chi connectivity index (χ2v) is 11.4. The van der Waals surface area contributed by atoms with Gasteiger partial charge in [0.1, 0.15) is 0 Å². The molecule has 0 saturated carbocycles. The van der Waals surface area contributed by atoms with Gasteiger partial charge < -0.3 is 5.32 Å². The van der Waals surface area contributed by atoms with Crippen molar-refractivity contribution in [1.82, 2.24) is 0 Å². The highest BCUT2D eigenvalue weighted by atomic mass is 14.9. The second kappa shape index (κ2) is 10.9. The Bertz CT molecular complexity index is 2310. The van der Waals surface area contributed by atoms with Crippen LogP contribution in [0, 0.1) is 6.92 Å². The third-order valence-electron chi connectivity index (χ3n) is 8.80. The van der Waals surface area contributed by atoms with Crippen LogP contribution in [-0.4, -0.2) is 0 Å². The molecule has 0 spiro atoms. The van der Waals surface area contributed by atoms with Crippen molar-refractivity contribution < 1.29 is 0 Å². The van der Waals surface area contributed by atoms with E-state index in [1.807, 2.05) is 0 Å². The molecule has 0 amide bonds. The number of aryl methyl sites for hydroxylation is 1. The molecular formula is C43H31N. The molecule has 0 atom stereocenters. The number of anilines is 2. The molecule has 0 unspecified atom stereocenters. The molecule has 8 rings (SSSR count). The molecule has 1 N–H and O–H groups in total. The summed E-state index contributed by atoms with van der Waals surface area (Å²) >= 11 is 0. The predicted octanol–water partition coefficient (Wildman–Crippen LogP) is 12.2. The zero-order valence-electron chi connectivity index (χ0n) is 24.6. The SMILES string of the molecule is Cc1ccccc1-c1ccccc1-c1ccccc1-c1cc2c3ccccc3c3ccccc3c2cc1Nc1ccccc1. The van der Waals surface area contributed by atoms with Crippen LogP contribution in [0.4, 0.5) is 11.4 Å². The van der Waals surface area contributed by atoms with Crippen LogP contribution in [0.15, 0.2) is 164 Å². The van der Waals surface area contributed by atoms with Gasteiger partial charge in [-0.1, -0.05) is 140 Å². The maximum Gasteiger partial charge on any atom is 0.0470 e. The lowest BCUT2D eigenvalue weighted by Crippen LogP contribution is -1.97. The number of fused-ring (bicyclic) bond motifs is 6. The smallest absolute Gasteiger partial charge is 0.0470 e. The van der Waals surface area contributed by atoms with Crippen molar-refractivity contribution in [3.8, 4) is 33.4 Å². The average molecular weight is 562 g/mol. The first-order valence-corrected chi connectivity index (χ1v) is 15.2. The molecule has 0 saturated heterocycles. The highest BCUT2D eigenvalue weighted by Gasteiger charge is 2.18. The van der Waals surface area contributed by atoms with Crippen molar-refractivity contribution in [3.63, 3.8) is 0 Å². The Labute approximate surface area is 258 Å². The summed E-state index contributed by atoms with van der Waals surface area (Å²) in [6.45, 7) is 2.19. The molecule has 8 aromatic rings. The van der Waals surface area contributed by atoms with E-state index in [2.05, 4.69) is 176 Å². The van der Waals surface area contributed by atoms with Gasteiger partial charge in [0.25, 0.3) is 0 Å². The van der Waals surface area contributed by atoms with E-state index in [-0.39, 0.29) is 0 Å². The van der Waals surface area contributed by atoms with E-state index in [1.54, 1.807) is 0 Å². The van der Waals surface area contributed by atoms with Crippen LogP contribution in [0.1, 0.15) is 5.56 Å². The van der Waals surface area contributed by atoms with E-state index in [1.165, 1.54) is 71.3 Å². The normalized spacial score (nSPS) is 11.3. The Balaban J connectivity index is 1.45. The van der Waals surface area contributed by atoms with Crippen LogP contribution in [0.5, 0.6) is 0 Å². The van der Waals surface area contributed by atoms with Gasteiger partial charge in [-0.3, -0.25) is 0 Å². The summed E-state index contributed by atoms with van der Waals surface area (Å²) in [5.74, 6) is 0. The Kier molecular flexibility index (Phi) is 6.43. The van der Waals surface area contributed by atoms with Crippen LogP contribution in [0.25, 0.3) is 65.7 Å². The first kappa shape index (κ1) is 26.0. The van der Waals surface area contributed by atoms with Crippen molar-refractivity contribution >= 4 is 43.7 Å². The zero-order valence-corrected chi connectivity index (χ0v) is 24.6. The molecule has 0 aromatic heterocycles. The van der Waals surface area contributed by atoms with Crippen molar-refractivity contribution in [1.29, 1.82) is 0 Å². The highest BCUT2D eigenvalue weighted by Crippen LogP contribution is 2.45. The van der Waals surface area contributed by atoms with Gasteiger partial charge in [0.05, 0.1) is 0 Å². The molecule has 0 aliphatic heterocycles. The standard InChI is InChI=1S/C43H31N/c1-29-15-5-6-18-31(29)32-19-7-8-20-33(32)36-23-11-14-26-39(36)42-27-40-37-24-12-9-21-34(37)35-22-10-13-25-38(35)41(40)28-43(42)44-30-16-3-2-4-17-30/h2-28,44H,1H3. The third kappa shape index (κ3) is 4.42. The topological polar surface area (TPSA) is 12.0 Å². The number of rotatable bonds is 5. The fourth-order valence-corrected chi connectivity index (χ4v) is 6.74. The summed E-state index contributed by atoms with van der Waals surface area (Å²) in [7, 11) is 0. The van der Waals surface area contributed by atoms with E-state index in [0.29, 0.717) is 0 Å². The highest BCUT2D eigenvalue weighted by molar-refractivity contribution is 6.26. The summed E-state index contributed by atoms with van der Waals surface area (Å²) in [6, 6.07) is 59.1. The molecule has 208 valence electrons. The zero-order chi connectivity index (χ0) is 29.5. The van der Waals surface area contributed by atoms with Crippen molar-refractivity contribution in [2.24, 2.45) is 0 Å². The van der Waals surface area contributed by atoms with Gasteiger partial charge in [-0.05, 0) is 96.9 Å². The van der Waals surface area contributed by atoms with Crippen LogP contribution >= 0.6 is 0 Å². The number of hydrogen-bond acceptors (Lipinski definition) is 1. The fourth-order valence-electron chi connectivity index (χ4n) is 6.74. The Morgan fingerprint density at radius 1 is 0.318 bits per heavy atom. The Morgan fingerprint density at radius 3 is 1.25 bits per heavy atom. The Morgan fingerprint density at radius 2 is 0.705 bits per heavy atom. The minimum atomic E-state index is 1.07. The van der Waals surface area contributed by atoms with Gasteiger partial charge in [-0.15, -0.1) is 0 Å².